The second kappa shape index (κ2) is 9.48. The van der Waals surface area contributed by atoms with E-state index in [1.54, 1.807) is 21.0 Å². The Morgan fingerprint density at radius 1 is 1.40 bits per heavy atom. The lowest BCUT2D eigenvalue weighted by Gasteiger charge is -2.47. The summed E-state index contributed by atoms with van der Waals surface area (Å²) in [6.07, 6.45) is 1.71. The Morgan fingerprint density at radius 2 is 2.11 bits per heavy atom. The molecule has 3 aliphatic rings. The molecule has 1 aromatic heterocycles. The molecule has 0 aromatic carbocycles. The number of sulfonamides is 1. The molecule has 1 aromatic rings. The number of carboxylic acids is 1. The molecule has 3 aliphatic heterocycles. The summed E-state index contributed by atoms with van der Waals surface area (Å²) in [7, 11) is -0.489. The molecule has 0 aliphatic carbocycles. The normalized spacial score (nSPS) is 29.2. The summed E-state index contributed by atoms with van der Waals surface area (Å²) >= 11 is 1.38. The standard InChI is InChI=1S/C19H28N8O6S2/c1-9-14-13(10(2)22-35(32,33)8-26-7-21-23-24-26)18(29)27(14)15(19(30)31)16(9)34-11-5-12(20-6-11)17(28)25(3)4/h7,9-14,20,22H,5-6,8H2,1-4H3,(H,30,31)/t9-,10?,11+,12+,13-,14-/m1/s1. The number of nitrogens with zero attached hydrogens (tertiary/aromatic N) is 6. The lowest BCUT2D eigenvalue weighted by Crippen LogP contribution is -2.66. The van der Waals surface area contributed by atoms with Gasteiger partial charge in [0.05, 0.1) is 18.0 Å². The topological polar surface area (TPSA) is 180 Å². The van der Waals surface area contributed by atoms with E-state index in [2.05, 4.69) is 25.6 Å². The zero-order valence-electron chi connectivity index (χ0n) is 19.7. The van der Waals surface area contributed by atoms with Gasteiger partial charge in [0, 0.05) is 42.8 Å². The number of β-lactam (4-membered cyclic amide) rings is 1. The van der Waals surface area contributed by atoms with Crippen molar-refractivity contribution in [1.29, 1.82) is 0 Å². The second-order valence-corrected chi connectivity index (χ2v) is 12.3. The van der Waals surface area contributed by atoms with Crippen molar-refractivity contribution in [2.45, 2.75) is 49.5 Å². The summed E-state index contributed by atoms with van der Waals surface area (Å²) in [5.41, 5.74) is -0.0557. The Morgan fingerprint density at radius 3 is 2.71 bits per heavy atom. The number of carbonyl (C=O) groups excluding carboxylic acids is 2. The first kappa shape index (κ1) is 25.5. The van der Waals surface area contributed by atoms with E-state index in [4.69, 9.17) is 0 Å². The van der Waals surface area contributed by atoms with Crippen LogP contribution >= 0.6 is 11.8 Å². The summed E-state index contributed by atoms with van der Waals surface area (Å²) in [4.78, 5) is 40.8. The van der Waals surface area contributed by atoms with Gasteiger partial charge in [-0.3, -0.25) is 9.59 Å². The summed E-state index contributed by atoms with van der Waals surface area (Å²) < 4.78 is 28.6. The van der Waals surface area contributed by atoms with Crippen LogP contribution in [0.25, 0.3) is 0 Å². The molecule has 16 heteroatoms. The van der Waals surface area contributed by atoms with Crippen molar-refractivity contribution in [3.63, 3.8) is 0 Å². The molecule has 4 heterocycles. The Hall–Kier alpha value is -2.56. The van der Waals surface area contributed by atoms with Crippen LogP contribution < -0.4 is 10.0 Å². The van der Waals surface area contributed by atoms with Crippen LogP contribution in [0, 0.1) is 11.8 Å². The van der Waals surface area contributed by atoms with Crippen LogP contribution in [0.3, 0.4) is 0 Å². The Balaban J connectivity index is 1.47. The molecule has 14 nitrogen and oxygen atoms in total. The average molecular weight is 529 g/mol. The van der Waals surface area contributed by atoms with E-state index < -0.39 is 45.8 Å². The first-order chi connectivity index (χ1) is 16.4. The summed E-state index contributed by atoms with van der Waals surface area (Å²) in [6.45, 7) is 3.98. The molecule has 0 spiro atoms. The lowest BCUT2D eigenvalue weighted by molar-refractivity contribution is -0.157. The van der Waals surface area contributed by atoms with Crippen LogP contribution in [-0.2, 0) is 30.3 Å². The number of nitrogens with one attached hydrogen (secondary N) is 2. The fourth-order valence-corrected chi connectivity index (χ4v) is 7.71. The molecule has 3 N–H and O–H groups in total. The lowest BCUT2D eigenvalue weighted by atomic mass is 9.78. The highest BCUT2D eigenvalue weighted by Gasteiger charge is 2.60. The van der Waals surface area contributed by atoms with Crippen LogP contribution in [0.5, 0.6) is 0 Å². The van der Waals surface area contributed by atoms with Gasteiger partial charge in [0.1, 0.15) is 12.0 Å². The van der Waals surface area contributed by atoms with Crippen molar-refractivity contribution < 1.29 is 27.9 Å². The molecule has 2 saturated heterocycles. The van der Waals surface area contributed by atoms with Gasteiger partial charge < -0.3 is 20.2 Å². The first-order valence-electron chi connectivity index (χ1n) is 11.0. The average Bonchev–Trinajstić information content (AvgIpc) is 3.47. The SMILES string of the molecule is CC(NS(=O)(=O)Cn1cnnn1)[C@H]1C(=O)N2C(C(=O)O)=C(S[C@@H]3CN[C@H](C(=O)N(C)C)C3)[C@H](C)[C@H]12. The number of carbonyl (C=O) groups is 3. The largest absolute Gasteiger partial charge is 0.477 e. The number of amides is 2. The Kier molecular flexibility index (Phi) is 6.91. The Bertz CT molecular complexity index is 1150. The molecule has 192 valence electrons. The zero-order chi connectivity index (χ0) is 25.7. The number of aromatic nitrogens is 4. The number of fused-ring (bicyclic) bond motifs is 1. The quantitative estimate of drug-likeness (QED) is 0.310. The summed E-state index contributed by atoms with van der Waals surface area (Å²) in [5.74, 6) is -3.20. The number of rotatable bonds is 9. The van der Waals surface area contributed by atoms with Crippen molar-refractivity contribution in [2.24, 2.45) is 11.8 Å². The third-order valence-electron chi connectivity index (χ3n) is 6.51. The van der Waals surface area contributed by atoms with Gasteiger partial charge in [-0.15, -0.1) is 16.9 Å². The third kappa shape index (κ3) is 4.79. The minimum Gasteiger partial charge on any atom is -0.477 e. The molecular weight excluding hydrogens is 500 g/mol. The minimum absolute atomic E-state index is 0.0323. The summed E-state index contributed by atoms with van der Waals surface area (Å²) in [6, 6.07) is -1.58. The van der Waals surface area contributed by atoms with E-state index in [-0.39, 0.29) is 28.8 Å². The number of likely N-dealkylation sites (N-methyl/N-ethyl adjacent to an activating group) is 1. The van der Waals surface area contributed by atoms with E-state index in [1.165, 1.54) is 27.9 Å². The van der Waals surface area contributed by atoms with Gasteiger partial charge in [0.2, 0.25) is 21.8 Å². The molecule has 6 atom stereocenters. The monoisotopic (exact) mass is 528 g/mol. The van der Waals surface area contributed by atoms with E-state index in [1.807, 2.05) is 6.92 Å². The Labute approximate surface area is 206 Å². The van der Waals surface area contributed by atoms with Crippen LogP contribution in [-0.4, -0.2) is 105 Å². The molecular formula is C19H28N8O6S2. The fraction of sp³-hybridized carbons (Fsp3) is 0.684. The van der Waals surface area contributed by atoms with Crippen LogP contribution in [0.1, 0.15) is 20.3 Å². The predicted molar refractivity (Wildman–Crippen MR) is 124 cm³/mol. The third-order valence-corrected chi connectivity index (χ3v) is 9.36. The van der Waals surface area contributed by atoms with Crippen molar-refractivity contribution in [3.8, 4) is 0 Å². The van der Waals surface area contributed by atoms with Crippen molar-refractivity contribution >= 4 is 39.6 Å². The highest BCUT2D eigenvalue weighted by atomic mass is 32.2. The van der Waals surface area contributed by atoms with Gasteiger partial charge in [-0.1, -0.05) is 6.92 Å². The van der Waals surface area contributed by atoms with Gasteiger partial charge in [-0.2, -0.15) is 0 Å². The molecule has 0 saturated carbocycles. The second-order valence-electron chi connectivity index (χ2n) is 9.20. The van der Waals surface area contributed by atoms with Gasteiger partial charge in [0.15, 0.2) is 5.88 Å². The maximum absolute atomic E-state index is 13.0. The van der Waals surface area contributed by atoms with Gasteiger partial charge in [-0.25, -0.2) is 22.6 Å². The molecule has 35 heavy (non-hydrogen) atoms. The number of hydrogen-bond donors (Lipinski definition) is 3. The minimum atomic E-state index is -3.86. The van der Waals surface area contributed by atoms with Gasteiger partial charge in [-0.05, 0) is 23.8 Å². The van der Waals surface area contributed by atoms with Gasteiger partial charge >= 0.3 is 5.97 Å². The maximum Gasteiger partial charge on any atom is 0.353 e. The van der Waals surface area contributed by atoms with Crippen molar-refractivity contribution in [3.05, 3.63) is 16.9 Å². The van der Waals surface area contributed by atoms with Gasteiger partial charge in [0.25, 0.3) is 0 Å². The number of carboxylic acid groups (broad SMARTS) is 1. The number of aliphatic carboxylic acids is 1. The predicted octanol–water partition coefficient (Wildman–Crippen LogP) is -1.74. The van der Waals surface area contributed by atoms with Crippen LogP contribution in [0.4, 0.5) is 0 Å². The van der Waals surface area contributed by atoms with Crippen LogP contribution in [0.2, 0.25) is 0 Å². The molecule has 0 bridgehead atoms. The highest BCUT2D eigenvalue weighted by molar-refractivity contribution is 8.03. The van der Waals surface area contributed by atoms with Crippen molar-refractivity contribution in [2.75, 3.05) is 20.6 Å². The molecule has 2 fully saturated rings. The number of tetrazole rings is 1. The first-order valence-corrected chi connectivity index (χ1v) is 13.6. The van der Waals surface area contributed by atoms with E-state index in [0.29, 0.717) is 17.9 Å². The zero-order valence-corrected chi connectivity index (χ0v) is 21.3. The molecule has 1 unspecified atom stereocenters. The highest BCUT2D eigenvalue weighted by Crippen LogP contribution is 2.51. The smallest absolute Gasteiger partial charge is 0.353 e. The molecule has 4 rings (SSSR count). The van der Waals surface area contributed by atoms with Crippen LogP contribution in [0.15, 0.2) is 16.9 Å². The molecule has 0 radical (unpaired) electrons. The number of thioether (sulfide) groups is 1. The summed E-state index contributed by atoms with van der Waals surface area (Å²) in [5, 5.41) is 23.4. The fourth-order valence-electron chi connectivity index (χ4n) is 4.98. The maximum atomic E-state index is 13.0. The van der Waals surface area contributed by atoms with E-state index in [0.717, 1.165) is 4.68 Å². The number of hydrogen-bond acceptors (Lipinski definition) is 10. The van der Waals surface area contributed by atoms with E-state index >= 15 is 0 Å². The van der Waals surface area contributed by atoms with E-state index in [9.17, 15) is 27.9 Å². The van der Waals surface area contributed by atoms with Crippen molar-refractivity contribution in [1.82, 2.24) is 40.0 Å². The molecule has 2 amide bonds.